The van der Waals surface area contributed by atoms with Crippen LogP contribution in [0.25, 0.3) is 0 Å². The Morgan fingerprint density at radius 1 is 1.36 bits per heavy atom. The molecule has 0 aromatic carbocycles. The summed E-state index contributed by atoms with van der Waals surface area (Å²) in [4.78, 5) is 18.8. The predicted molar refractivity (Wildman–Crippen MR) is 54.7 cm³/mol. The average molecular weight is 200 g/mol. The van der Waals surface area contributed by atoms with Crippen molar-refractivity contribution in [3.8, 4) is 0 Å². The molecule has 4 heteroatoms. The number of hydrogen-bond donors (Lipinski definition) is 0. The Labute approximate surface area is 85.8 Å². The van der Waals surface area contributed by atoms with Crippen LogP contribution in [-0.2, 0) is 9.63 Å². The van der Waals surface area contributed by atoms with Crippen molar-refractivity contribution in [2.24, 2.45) is 0 Å². The first kappa shape index (κ1) is 11.5. The van der Waals surface area contributed by atoms with Crippen LogP contribution in [0.15, 0.2) is 0 Å². The molecule has 1 fully saturated rings. The second kappa shape index (κ2) is 5.32. The second-order valence-electron chi connectivity index (χ2n) is 3.79. The van der Waals surface area contributed by atoms with Crippen molar-refractivity contribution in [1.29, 1.82) is 0 Å². The van der Waals surface area contributed by atoms with Gasteiger partial charge in [-0.05, 0) is 32.9 Å². The van der Waals surface area contributed by atoms with E-state index >= 15 is 0 Å². The number of likely N-dealkylation sites (N-methyl/N-ethyl adjacent to an activating group) is 1. The fraction of sp³-hybridized carbons (Fsp3) is 0.900. The molecular formula is C10H20N2O2. The van der Waals surface area contributed by atoms with Crippen molar-refractivity contribution in [3.63, 3.8) is 0 Å². The highest BCUT2D eigenvalue weighted by Crippen LogP contribution is 2.13. The normalized spacial score (nSPS) is 20.5. The highest BCUT2D eigenvalue weighted by molar-refractivity contribution is 5.80. The average Bonchev–Trinajstić information content (AvgIpc) is 2.27. The van der Waals surface area contributed by atoms with E-state index in [9.17, 15) is 4.79 Å². The number of hydroxylamine groups is 2. The van der Waals surface area contributed by atoms with Crippen LogP contribution in [0.5, 0.6) is 0 Å². The Balaban J connectivity index is 2.45. The molecule has 1 aliphatic rings. The van der Waals surface area contributed by atoms with Crippen molar-refractivity contribution in [2.75, 3.05) is 27.2 Å². The van der Waals surface area contributed by atoms with Gasteiger partial charge in [-0.2, -0.15) is 0 Å². The summed E-state index contributed by atoms with van der Waals surface area (Å²) in [5, 5.41) is 1.30. The Bertz CT molecular complexity index is 191. The fourth-order valence-corrected chi connectivity index (χ4v) is 1.81. The largest absolute Gasteiger partial charge is 0.292 e. The Hall–Kier alpha value is -0.610. The lowest BCUT2D eigenvalue weighted by Gasteiger charge is -2.32. The molecule has 0 aliphatic carbocycles. The van der Waals surface area contributed by atoms with Gasteiger partial charge in [0.15, 0.2) is 0 Å². The molecule has 4 nitrogen and oxygen atoms in total. The van der Waals surface area contributed by atoms with Gasteiger partial charge in [-0.3, -0.25) is 14.5 Å². The van der Waals surface area contributed by atoms with Crippen LogP contribution in [0, 0.1) is 0 Å². The van der Waals surface area contributed by atoms with E-state index in [1.165, 1.54) is 31.4 Å². The Kier molecular flexibility index (Phi) is 4.35. The predicted octanol–water partition coefficient (Wildman–Crippen LogP) is 0.881. The highest BCUT2D eigenvalue weighted by Gasteiger charge is 2.25. The van der Waals surface area contributed by atoms with E-state index in [-0.39, 0.29) is 11.9 Å². The molecule has 1 aliphatic heterocycles. The molecule has 0 spiro atoms. The second-order valence-corrected chi connectivity index (χ2v) is 3.79. The maximum absolute atomic E-state index is 11.7. The molecular weight excluding hydrogens is 180 g/mol. The molecule has 1 amide bonds. The van der Waals surface area contributed by atoms with Gasteiger partial charge in [0.1, 0.15) is 0 Å². The summed E-state index contributed by atoms with van der Waals surface area (Å²) in [5.74, 6) is 0.0365. The molecule has 1 rings (SSSR count). The molecule has 0 aromatic heterocycles. The van der Waals surface area contributed by atoms with E-state index < -0.39 is 0 Å². The highest BCUT2D eigenvalue weighted by atomic mass is 16.7. The minimum absolute atomic E-state index is 0.0365. The topological polar surface area (TPSA) is 32.8 Å². The van der Waals surface area contributed by atoms with Crippen LogP contribution >= 0.6 is 0 Å². The molecule has 0 unspecified atom stereocenters. The Morgan fingerprint density at radius 2 is 1.93 bits per heavy atom. The molecule has 0 N–H and O–H groups in total. The van der Waals surface area contributed by atoms with E-state index in [0.717, 1.165) is 13.1 Å². The maximum atomic E-state index is 11.7. The third-order valence-corrected chi connectivity index (χ3v) is 2.88. The zero-order chi connectivity index (χ0) is 10.6. The summed E-state index contributed by atoms with van der Waals surface area (Å²) in [6.07, 6.45) is 3.69. The van der Waals surface area contributed by atoms with E-state index in [4.69, 9.17) is 4.84 Å². The Morgan fingerprint density at radius 3 is 2.43 bits per heavy atom. The molecule has 0 radical (unpaired) electrons. The van der Waals surface area contributed by atoms with Crippen LogP contribution < -0.4 is 0 Å². The summed E-state index contributed by atoms with van der Waals surface area (Å²) in [5.41, 5.74) is 0. The first-order valence-electron chi connectivity index (χ1n) is 5.22. The number of nitrogens with zero attached hydrogens (tertiary/aromatic N) is 2. The number of carbonyl (C=O) groups is 1. The van der Waals surface area contributed by atoms with Gasteiger partial charge >= 0.3 is 0 Å². The minimum atomic E-state index is -0.0553. The van der Waals surface area contributed by atoms with Gasteiger partial charge in [0.05, 0.1) is 13.2 Å². The van der Waals surface area contributed by atoms with E-state index in [1.807, 2.05) is 6.92 Å². The zero-order valence-corrected chi connectivity index (χ0v) is 9.32. The van der Waals surface area contributed by atoms with Crippen molar-refractivity contribution < 1.29 is 9.63 Å². The SMILES string of the molecule is CON(C)C(=O)[C@H](C)N1CCCCC1. The minimum Gasteiger partial charge on any atom is -0.292 e. The third-order valence-electron chi connectivity index (χ3n) is 2.88. The summed E-state index contributed by atoms with van der Waals surface area (Å²) >= 11 is 0. The van der Waals surface area contributed by atoms with Crippen LogP contribution in [0.3, 0.4) is 0 Å². The van der Waals surface area contributed by atoms with Crippen LogP contribution in [-0.4, -0.2) is 49.2 Å². The number of rotatable bonds is 3. The maximum Gasteiger partial charge on any atom is 0.262 e. The van der Waals surface area contributed by atoms with Gasteiger partial charge in [0.2, 0.25) is 0 Å². The van der Waals surface area contributed by atoms with Gasteiger partial charge in [-0.15, -0.1) is 0 Å². The number of likely N-dealkylation sites (tertiary alicyclic amines) is 1. The van der Waals surface area contributed by atoms with Crippen LogP contribution in [0.1, 0.15) is 26.2 Å². The lowest BCUT2D eigenvalue weighted by molar-refractivity contribution is -0.174. The molecule has 1 heterocycles. The molecule has 14 heavy (non-hydrogen) atoms. The summed E-state index contributed by atoms with van der Waals surface area (Å²) in [7, 11) is 3.17. The van der Waals surface area contributed by atoms with E-state index in [1.54, 1.807) is 7.05 Å². The van der Waals surface area contributed by atoms with Crippen molar-refractivity contribution >= 4 is 5.91 Å². The number of carbonyl (C=O) groups excluding carboxylic acids is 1. The van der Waals surface area contributed by atoms with Gasteiger partial charge in [-0.1, -0.05) is 6.42 Å². The lowest BCUT2D eigenvalue weighted by atomic mass is 10.1. The smallest absolute Gasteiger partial charge is 0.262 e. The number of amides is 1. The summed E-state index contributed by atoms with van der Waals surface area (Å²) in [6, 6.07) is -0.0553. The molecule has 0 bridgehead atoms. The van der Waals surface area contributed by atoms with E-state index in [0.29, 0.717) is 0 Å². The summed E-state index contributed by atoms with van der Waals surface area (Å²) in [6.45, 7) is 4.01. The van der Waals surface area contributed by atoms with Gasteiger partial charge < -0.3 is 0 Å². The van der Waals surface area contributed by atoms with Crippen molar-refractivity contribution in [3.05, 3.63) is 0 Å². The third kappa shape index (κ3) is 2.69. The van der Waals surface area contributed by atoms with Gasteiger partial charge in [-0.25, -0.2) is 5.06 Å². The van der Waals surface area contributed by atoms with Crippen LogP contribution in [0.2, 0.25) is 0 Å². The van der Waals surface area contributed by atoms with Gasteiger partial charge in [0.25, 0.3) is 5.91 Å². The molecule has 0 saturated carbocycles. The summed E-state index contributed by atoms with van der Waals surface area (Å²) < 4.78 is 0. The number of piperidine rings is 1. The molecule has 82 valence electrons. The van der Waals surface area contributed by atoms with Crippen LogP contribution in [0.4, 0.5) is 0 Å². The fourth-order valence-electron chi connectivity index (χ4n) is 1.81. The van der Waals surface area contributed by atoms with Gasteiger partial charge in [0, 0.05) is 7.05 Å². The zero-order valence-electron chi connectivity index (χ0n) is 9.32. The molecule has 1 saturated heterocycles. The lowest BCUT2D eigenvalue weighted by Crippen LogP contribution is -2.47. The van der Waals surface area contributed by atoms with Crippen molar-refractivity contribution in [2.45, 2.75) is 32.2 Å². The number of hydrogen-bond acceptors (Lipinski definition) is 3. The quantitative estimate of drug-likeness (QED) is 0.634. The molecule has 1 atom stereocenters. The molecule has 0 aromatic rings. The first-order valence-corrected chi connectivity index (χ1v) is 5.22. The first-order chi connectivity index (χ1) is 6.66. The van der Waals surface area contributed by atoms with E-state index in [2.05, 4.69) is 4.90 Å². The van der Waals surface area contributed by atoms with Crippen molar-refractivity contribution in [1.82, 2.24) is 9.96 Å². The monoisotopic (exact) mass is 200 g/mol. The standard InChI is InChI=1S/C10H20N2O2/c1-9(10(13)11(2)14-3)12-7-5-4-6-8-12/h9H,4-8H2,1-3H3/t9-/m0/s1.